The van der Waals surface area contributed by atoms with Gasteiger partial charge in [-0.1, -0.05) is 60.7 Å². The first-order valence-corrected chi connectivity index (χ1v) is 11.1. The summed E-state index contributed by atoms with van der Waals surface area (Å²) in [4.78, 5) is 13.4. The molecule has 0 aliphatic heterocycles. The monoisotopic (exact) mass is 440 g/mol. The van der Waals surface area contributed by atoms with Crippen molar-refractivity contribution in [3.63, 3.8) is 0 Å². The van der Waals surface area contributed by atoms with Gasteiger partial charge in [0.05, 0.1) is 12.6 Å². The van der Waals surface area contributed by atoms with Crippen LogP contribution in [0.1, 0.15) is 38.0 Å². The van der Waals surface area contributed by atoms with Crippen LogP contribution in [0.2, 0.25) is 4.47 Å². The minimum Gasteiger partial charge on any atom is -0.394 e. The zero-order valence-electron chi connectivity index (χ0n) is 15.8. The zero-order valence-corrected chi connectivity index (χ0v) is 18.2. The van der Waals surface area contributed by atoms with Crippen LogP contribution in [-0.4, -0.2) is 32.7 Å². The van der Waals surface area contributed by atoms with Gasteiger partial charge in [0.1, 0.15) is 10.5 Å². The largest absolute Gasteiger partial charge is 0.394 e. The van der Waals surface area contributed by atoms with Crippen LogP contribution in [0.5, 0.6) is 0 Å². The van der Waals surface area contributed by atoms with Crippen molar-refractivity contribution in [2.24, 2.45) is 5.92 Å². The number of aromatic nitrogens is 3. The fourth-order valence-electron chi connectivity index (χ4n) is 2.86. The standard InChI is InChI=1S/C19H22ClFN4OS2/c1-10(2)7-14(9-26)22-16-15-17(23-18(20)28-15)25-19(24-16)27-11(3)12-5-4-6-13(21)8-12/h4-6,8,10-11,14,26H,7,9H2,1-3H3,(H,22,24,25)/t11-,14+/m0/s1. The Morgan fingerprint density at radius 3 is 2.71 bits per heavy atom. The Kier molecular flexibility index (Phi) is 7.09. The average molecular weight is 441 g/mol. The highest BCUT2D eigenvalue weighted by molar-refractivity contribution is 7.99. The summed E-state index contributed by atoms with van der Waals surface area (Å²) in [5.74, 6) is 0.770. The zero-order chi connectivity index (χ0) is 20.3. The molecule has 0 spiro atoms. The van der Waals surface area contributed by atoms with Gasteiger partial charge in [0, 0.05) is 5.25 Å². The molecule has 0 saturated heterocycles. The highest BCUT2D eigenvalue weighted by atomic mass is 35.5. The number of aliphatic hydroxyl groups is 1. The molecule has 2 N–H and O–H groups in total. The van der Waals surface area contributed by atoms with Crippen molar-refractivity contribution in [2.75, 3.05) is 11.9 Å². The van der Waals surface area contributed by atoms with E-state index < -0.39 is 0 Å². The number of thioether (sulfide) groups is 1. The van der Waals surface area contributed by atoms with Crippen molar-refractivity contribution in [1.82, 2.24) is 15.0 Å². The quantitative estimate of drug-likeness (QED) is 0.353. The third-order valence-corrected chi connectivity index (χ3v) is 6.30. The highest BCUT2D eigenvalue weighted by Gasteiger charge is 2.19. The van der Waals surface area contributed by atoms with Crippen LogP contribution < -0.4 is 5.32 Å². The van der Waals surface area contributed by atoms with Gasteiger partial charge in [-0.3, -0.25) is 0 Å². The van der Waals surface area contributed by atoms with Gasteiger partial charge < -0.3 is 10.4 Å². The smallest absolute Gasteiger partial charge is 0.192 e. The number of hydrogen-bond acceptors (Lipinski definition) is 7. The molecule has 28 heavy (non-hydrogen) atoms. The Balaban J connectivity index is 1.90. The average Bonchev–Trinajstić information content (AvgIpc) is 3.01. The Morgan fingerprint density at radius 2 is 2.04 bits per heavy atom. The van der Waals surface area contributed by atoms with Crippen LogP contribution >= 0.6 is 34.7 Å². The van der Waals surface area contributed by atoms with Crippen LogP contribution in [0.25, 0.3) is 10.3 Å². The first-order chi connectivity index (χ1) is 13.4. The molecule has 3 aromatic rings. The maximum absolute atomic E-state index is 13.5. The van der Waals surface area contributed by atoms with E-state index in [4.69, 9.17) is 11.6 Å². The van der Waals surface area contributed by atoms with Crippen molar-refractivity contribution in [3.8, 4) is 0 Å². The fraction of sp³-hybridized carbons (Fsp3) is 0.421. The van der Waals surface area contributed by atoms with Gasteiger partial charge in [0.15, 0.2) is 21.1 Å². The molecular weight excluding hydrogens is 419 g/mol. The van der Waals surface area contributed by atoms with E-state index in [2.05, 4.69) is 34.1 Å². The molecule has 5 nitrogen and oxygen atoms in total. The van der Waals surface area contributed by atoms with Crippen molar-refractivity contribution < 1.29 is 9.50 Å². The van der Waals surface area contributed by atoms with E-state index in [9.17, 15) is 9.50 Å². The van der Waals surface area contributed by atoms with E-state index in [-0.39, 0.29) is 23.7 Å². The Labute approximate surface area is 176 Å². The second-order valence-corrected chi connectivity index (χ2v) is 9.83. The summed E-state index contributed by atoms with van der Waals surface area (Å²) in [6, 6.07) is 6.38. The number of benzene rings is 1. The van der Waals surface area contributed by atoms with Crippen molar-refractivity contribution in [1.29, 1.82) is 0 Å². The molecule has 150 valence electrons. The normalized spacial score (nSPS) is 13.8. The van der Waals surface area contributed by atoms with Gasteiger partial charge in [0.25, 0.3) is 0 Å². The predicted octanol–water partition coefficient (Wildman–Crippen LogP) is 5.55. The van der Waals surface area contributed by atoms with E-state index in [0.717, 1.165) is 16.7 Å². The third-order valence-electron chi connectivity index (χ3n) is 4.12. The number of rotatable bonds is 8. The molecule has 0 saturated carbocycles. The number of nitrogens with one attached hydrogen (secondary N) is 1. The topological polar surface area (TPSA) is 70.9 Å². The number of anilines is 1. The first kappa shape index (κ1) is 21.2. The molecule has 0 amide bonds. The van der Waals surface area contributed by atoms with E-state index >= 15 is 0 Å². The molecule has 0 aliphatic carbocycles. The predicted molar refractivity (Wildman–Crippen MR) is 115 cm³/mol. The number of hydrogen-bond donors (Lipinski definition) is 2. The molecule has 0 bridgehead atoms. The van der Waals surface area contributed by atoms with Gasteiger partial charge >= 0.3 is 0 Å². The summed E-state index contributed by atoms with van der Waals surface area (Å²) in [5, 5.41) is 13.5. The van der Waals surface area contributed by atoms with Gasteiger partial charge in [-0.15, -0.1) is 0 Å². The number of nitrogens with zero attached hydrogens (tertiary/aromatic N) is 3. The molecule has 0 radical (unpaired) electrons. The summed E-state index contributed by atoms with van der Waals surface area (Å²) < 4.78 is 14.7. The van der Waals surface area contributed by atoms with Gasteiger partial charge in [0.2, 0.25) is 0 Å². The molecule has 1 aromatic carbocycles. The number of halogens is 2. The second kappa shape index (κ2) is 9.35. The molecule has 9 heteroatoms. The minimum absolute atomic E-state index is 0.00160. The SMILES string of the molecule is CC(C)C[C@H](CO)Nc1nc(S[C@@H](C)c2cccc(F)c2)nc2nc(Cl)sc12. The van der Waals surface area contributed by atoms with Crippen LogP contribution in [0.3, 0.4) is 0 Å². The molecule has 2 aromatic heterocycles. The summed E-state index contributed by atoms with van der Waals surface area (Å²) in [6.07, 6.45) is 0.802. The maximum Gasteiger partial charge on any atom is 0.192 e. The van der Waals surface area contributed by atoms with E-state index in [0.29, 0.717) is 27.0 Å². The Bertz CT molecular complexity index is 953. The fourth-order valence-corrected chi connectivity index (χ4v) is 4.73. The van der Waals surface area contributed by atoms with E-state index in [1.54, 1.807) is 6.07 Å². The number of thiazole rings is 1. The number of fused-ring (bicyclic) bond motifs is 1. The molecule has 0 fully saturated rings. The van der Waals surface area contributed by atoms with Crippen molar-refractivity contribution in [3.05, 3.63) is 40.1 Å². The van der Waals surface area contributed by atoms with Gasteiger partial charge in [-0.25, -0.2) is 19.3 Å². The Morgan fingerprint density at radius 1 is 1.25 bits per heavy atom. The molecule has 0 unspecified atom stereocenters. The lowest BCUT2D eigenvalue weighted by Gasteiger charge is -2.19. The molecule has 2 heterocycles. The maximum atomic E-state index is 13.5. The lowest BCUT2D eigenvalue weighted by atomic mass is 10.0. The third kappa shape index (κ3) is 5.31. The summed E-state index contributed by atoms with van der Waals surface area (Å²) in [7, 11) is 0. The van der Waals surface area contributed by atoms with Crippen molar-refractivity contribution >= 4 is 50.9 Å². The van der Waals surface area contributed by atoms with Crippen LogP contribution in [0.15, 0.2) is 29.4 Å². The summed E-state index contributed by atoms with van der Waals surface area (Å²) in [6.45, 7) is 6.18. The Hall–Kier alpha value is -1.48. The van der Waals surface area contributed by atoms with Gasteiger partial charge in [-0.05, 0) is 37.0 Å². The highest BCUT2D eigenvalue weighted by Crippen LogP contribution is 2.37. The van der Waals surface area contributed by atoms with Crippen LogP contribution in [0.4, 0.5) is 10.2 Å². The molecule has 0 aliphatic rings. The van der Waals surface area contributed by atoms with Crippen molar-refractivity contribution in [2.45, 2.75) is 43.6 Å². The summed E-state index contributed by atoms with van der Waals surface area (Å²) >= 11 is 8.82. The minimum atomic E-state index is -0.269. The summed E-state index contributed by atoms with van der Waals surface area (Å²) in [5.41, 5.74) is 1.37. The lowest BCUT2D eigenvalue weighted by Crippen LogP contribution is -2.26. The molecular formula is C19H22ClFN4OS2. The lowest BCUT2D eigenvalue weighted by molar-refractivity contribution is 0.259. The number of aliphatic hydroxyl groups excluding tert-OH is 1. The second-order valence-electron chi connectivity index (χ2n) is 6.94. The van der Waals surface area contributed by atoms with E-state index in [1.807, 2.05) is 13.0 Å². The molecule has 3 rings (SSSR count). The molecule has 2 atom stereocenters. The van der Waals surface area contributed by atoms with E-state index in [1.165, 1.54) is 35.2 Å². The van der Waals surface area contributed by atoms with Gasteiger partial charge in [-0.2, -0.15) is 0 Å². The first-order valence-electron chi connectivity index (χ1n) is 8.99. The van der Waals surface area contributed by atoms with Crippen LogP contribution in [-0.2, 0) is 0 Å². The van der Waals surface area contributed by atoms with Crippen LogP contribution in [0, 0.1) is 11.7 Å².